The Morgan fingerprint density at radius 2 is 2.35 bits per heavy atom. The van der Waals surface area contributed by atoms with E-state index in [2.05, 4.69) is 5.32 Å². The van der Waals surface area contributed by atoms with Gasteiger partial charge in [0.25, 0.3) is 5.91 Å². The SMILES string of the molecule is CN1C(=O)COc2ccc(CNCCCl)cc21. The van der Waals surface area contributed by atoms with Gasteiger partial charge in [-0.3, -0.25) is 4.79 Å². The van der Waals surface area contributed by atoms with Crippen LogP contribution in [-0.4, -0.2) is 32.0 Å². The van der Waals surface area contributed by atoms with Crippen molar-refractivity contribution in [1.29, 1.82) is 0 Å². The first kappa shape index (κ1) is 12.2. The van der Waals surface area contributed by atoms with Crippen molar-refractivity contribution in [3.63, 3.8) is 0 Å². The molecule has 92 valence electrons. The third-order valence-electron chi connectivity index (χ3n) is 2.71. The first-order valence-electron chi connectivity index (χ1n) is 5.51. The van der Waals surface area contributed by atoms with E-state index in [1.165, 1.54) is 0 Å². The number of halogens is 1. The van der Waals surface area contributed by atoms with Crippen molar-refractivity contribution in [2.75, 3.05) is 31.0 Å². The molecule has 0 saturated carbocycles. The molecule has 1 aliphatic rings. The summed E-state index contributed by atoms with van der Waals surface area (Å²) in [6.45, 7) is 1.62. The molecular formula is C12H15ClN2O2. The molecule has 0 aromatic heterocycles. The second-order valence-corrected chi connectivity index (χ2v) is 4.29. The van der Waals surface area contributed by atoms with Crippen LogP contribution in [0.2, 0.25) is 0 Å². The standard InChI is InChI=1S/C12H15ClN2O2/c1-15-10-6-9(7-14-5-4-13)2-3-11(10)17-8-12(15)16/h2-3,6,14H,4-5,7-8H2,1H3. The highest BCUT2D eigenvalue weighted by atomic mass is 35.5. The Morgan fingerprint density at radius 1 is 1.53 bits per heavy atom. The lowest BCUT2D eigenvalue weighted by Gasteiger charge is -2.26. The topological polar surface area (TPSA) is 41.6 Å². The first-order valence-corrected chi connectivity index (χ1v) is 6.05. The predicted octanol–water partition coefficient (Wildman–Crippen LogP) is 1.37. The zero-order valence-corrected chi connectivity index (χ0v) is 10.5. The summed E-state index contributed by atoms with van der Waals surface area (Å²) in [4.78, 5) is 13.1. The van der Waals surface area contributed by atoms with E-state index in [4.69, 9.17) is 16.3 Å². The molecule has 4 nitrogen and oxygen atoms in total. The zero-order chi connectivity index (χ0) is 12.3. The molecule has 0 unspecified atom stereocenters. The van der Waals surface area contributed by atoms with Gasteiger partial charge in [-0.15, -0.1) is 11.6 Å². The lowest BCUT2D eigenvalue weighted by Crippen LogP contribution is -2.35. The number of likely N-dealkylation sites (N-methyl/N-ethyl adjacent to an activating group) is 1. The van der Waals surface area contributed by atoms with Gasteiger partial charge in [0.15, 0.2) is 6.61 Å². The molecule has 0 fully saturated rings. The van der Waals surface area contributed by atoms with Crippen molar-refractivity contribution >= 4 is 23.2 Å². The zero-order valence-electron chi connectivity index (χ0n) is 9.70. The maximum atomic E-state index is 11.5. The molecule has 0 spiro atoms. The van der Waals surface area contributed by atoms with E-state index in [0.717, 1.165) is 30.1 Å². The number of nitrogens with one attached hydrogen (secondary N) is 1. The number of carbonyl (C=O) groups is 1. The van der Waals surface area contributed by atoms with Crippen LogP contribution in [0.3, 0.4) is 0 Å². The van der Waals surface area contributed by atoms with E-state index in [-0.39, 0.29) is 12.5 Å². The molecule has 0 aliphatic carbocycles. The van der Waals surface area contributed by atoms with Gasteiger partial charge in [-0.1, -0.05) is 6.07 Å². The summed E-state index contributed by atoms with van der Waals surface area (Å²) in [5.41, 5.74) is 1.94. The van der Waals surface area contributed by atoms with E-state index >= 15 is 0 Å². The molecule has 5 heteroatoms. The quantitative estimate of drug-likeness (QED) is 0.652. The molecule has 17 heavy (non-hydrogen) atoms. The Kier molecular flexibility index (Phi) is 3.86. The average Bonchev–Trinajstić information content (AvgIpc) is 2.35. The van der Waals surface area contributed by atoms with Gasteiger partial charge in [-0.2, -0.15) is 0 Å². The summed E-state index contributed by atoms with van der Waals surface area (Å²) in [5.74, 6) is 1.32. The highest BCUT2D eigenvalue weighted by Gasteiger charge is 2.21. The molecule has 0 atom stereocenters. The number of ether oxygens (including phenoxy) is 1. The molecule has 1 aliphatic heterocycles. The molecule has 1 aromatic rings. The summed E-state index contributed by atoms with van der Waals surface area (Å²) in [5, 5.41) is 3.21. The Hall–Kier alpha value is -1.26. The Bertz CT molecular complexity index is 423. The highest BCUT2D eigenvalue weighted by molar-refractivity contribution is 6.18. The van der Waals surface area contributed by atoms with E-state index in [9.17, 15) is 4.79 Å². The van der Waals surface area contributed by atoms with Crippen molar-refractivity contribution in [2.45, 2.75) is 6.54 Å². The van der Waals surface area contributed by atoms with Gasteiger partial charge in [-0.05, 0) is 17.7 Å². The molecule has 2 rings (SSSR count). The Labute approximate surface area is 106 Å². The summed E-state index contributed by atoms with van der Waals surface area (Å²) in [6, 6.07) is 5.85. The lowest BCUT2D eigenvalue weighted by molar-refractivity contribution is -0.120. The van der Waals surface area contributed by atoms with Gasteiger partial charge in [0.2, 0.25) is 0 Å². The second kappa shape index (κ2) is 5.38. The number of benzene rings is 1. The summed E-state index contributed by atoms with van der Waals surface area (Å²) < 4.78 is 5.35. The van der Waals surface area contributed by atoms with Crippen molar-refractivity contribution in [1.82, 2.24) is 5.32 Å². The molecule has 0 saturated heterocycles. The van der Waals surface area contributed by atoms with Crippen LogP contribution in [0.5, 0.6) is 5.75 Å². The average molecular weight is 255 g/mol. The number of rotatable bonds is 4. The Balaban J connectivity index is 2.14. The normalized spacial score (nSPS) is 14.5. The fourth-order valence-electron chi connectivity index (χ4n) is 1.73. The van der Waals surface area contributed by atoms with E-state index in [1.54, 1.807) is 11.9 Å². The summed E-state index contributed by atoms with van der Waals surface area (Å²) in [7, 11) is 1.76. The Morgan fingerprint density at radius 3 is 3.12 bits per heavy atom. The number of hydrogen-bond acceptors (Lipinski definition) is 3. The number of alkyl halides is 1. The second-order valence-electron chi connectivity index (χ2n) is 3.91. The third-order valence-corrected chi connectivity index (χ3v) is 2.90. The molecule has 1 N–H and O–H groups in total. The number of hydrogen-bond donors (Lipinski definition) is 1. The van der Waals surface area contributed by atoms with Gasteiger partial charge < -0.3 is 15.0 Å². The van der Waals surface area contributed by atoms with Gasteiger partial charge in [0, 0.05) is 26.0 Å². The maximum Gasteiger partial charge on any atom is 0.264 e. The van der Waals surface area contributed by atoms with Crippen LogP contribution in [0.1, 0.15) is 5.56 Å². The molecule has 1 heterocycles. The number of anilines is 1. The first-order chi connectivity index (χ1) is 8.22. The van der Waals surface area contributed by atoms with Gasteiger partial charge in [0.1, 0.15) is 5.75 Å². The van der Waals surface area contributed by atoms with E-state index < -0.39 is 0 Å². The van der Waals surface area contributed by atoms with Crippen molar-refractivity contribution in [2.24, 2.45) is 0 Å². The molecule has 0 radical (unpaired) electrons. The molecule has 1 amide bonds. The highest BCUT2D eigenvalue weighted by Crippen LogP contribution is 2.31. The van der Waals surface area contributed by atoms with Crippen LogP contribution in [0.25, 0.3) is 0 Å². The van der Waals surface area contributed by atoms with Crippen LogP contribution < -0.4 is 15.0 Å². The third kappa shape index (κ3) is 2.70. The van der Waals surface area contributed by atoms with Crippen LogP contribution in [-0.2, 0) is 11.3 Å². The molecule has 0 bridgehead atoms. The van der Waals surface area contributed by atoms with Gasteiger partial charge >= 0.3 is 0 Å². The summed E-state index contributed by atoms with van der Waals surface area (Å²) in [6.07, 6.45) is 0. The number of carbonyl (C=O) groups excluding carboxylic acids is 1. The van der Waals surface area contributed by atoms with Crippen LogP contribution >= 0.6 is 11.6 Å². The number of fused-ring (bicyclic) bond motifs is 1. The number of nitrogens with zero attached hydrogens (tertiary/aromatic N) is 1. The van der Waals surface area contributed by atoms with Crippen LogP contribution in [0.15, 0.2) is 18.2 Å². The van der Waals surface area contributed by atoms with Crippen LogP contribution in [0, 0.1) is 0 Å². The minimum Gasteiger partial charge on any atom is -0.482 e. The lowest BCUT2D eigenvalue weighted by atomic mass is 10.1. The maximum absolute atomic E-state index is 11.5. The van der Waals surface area contributed by atoms with Crippen molar-refractivity contribution in [3.8, 4) is 5.75 Å². The molecular weight excluding hydrogens is 240 g/mol. The van der Waals surface area contributed by atoms with E-state index in [1.807, 2.05) is 18.2 Å². The minimum atomic E-state index is -0.0247. The molecule has 1 aromatic carbocycles. The van der Waals surface area contributed by atoms with E-state index in [0.29, 0.717) is 5.88 Å². The monoisotopic (exact) mass is 254 g/mol. The van der Waals surface area contributed by atoms with Crippen molar-refractivity contribution in [3.05, 3.63) is 23.8 Å². The largest absolute Gasteiger partial charge is 0.482 e. The van der Waals surface area contributed by atoms with Crippen molar-refractivity contribution < 1.29 is 9.53 Å². The number of amides is 1. The minimum absolute atomic E-state index is 0.0247. The fraction of sp³-hybridized carbons (Fsp3) is 0.417. The summed E-state index contributed by atoms with van der Waals surface area (Å²) >= 11 is 5.59. The fourth-order valence-corrected chi connectivity index (χ4v) is 1.86. The van der Waals surface area contributed by atoms with Gasteiger partial charge in [-0.25, -0.2) is 0 Å². The predicted molar refractivity (Wildman–Crippen MR) is 67.8 cm³/mol. The van der Waals surface area contributed by atoms with Gasteiger partial charge in [0.05, 0.1) is 5.69 Å². The van der Waals surface area contributed by atoms with Crippen LogP contribution in [0.4, 0.5) is 5.69 Å². The smallest absolute Gasteiger partial charge is 0.264 e.